The van der Waals surface area contributed by atoms with E-state index in [0.717, 1.165) is 0 Å². The Balaban J connectivity index is 1.90. The standard InChI is InChI=1S/C22H18N2O6/c1-13-11-19(25)18(20(26)23-16-7-3-14(4-8-16)21(27)28)12-24(13)17-9-5-15(6-10-17)22(29)30-2/h3-12H,1-2H3,(H,23,26)(H,27,28). The van der Waals surface area contributed by atoms with Crippen molar-refractivity contribution >= 4 is 23.5 Å². The highest BCUT2D eigenvalue weighted by Crippen LogP contribution is 2.15. The summed E-state index contributed by atoms with van der Waals surface area (Å²) in [6.45, 7) is 1.72. The minimum atomic E-state index is -1.08. The third kappa shape index (κ3) is 4.27. The smallest absolute Gasteiger partial charge is 0.337 e. The minimum Gasteiger partial charge on any atom is -0.478 e. The number of carboxylic acids is 1. The summed E-state index contributed by atoms with van der Waals surface area (Å²) in [5.74, 6) is -2.16. The summed E-state index contributed by atoms with van der Waals surface area (Å²) in [4.78, 5) is 47.5. The van der Waals surface area contributed by atoms with Crippen molar-refractivity contribution < 1.29 is 24.2 Å². The first-order valence-electron chi connectivity index (χ1n) is 8.87. The lowest BCUT2D eigenvalue weighted by Gasteiger charge is -2.13. The van der Waals surface area contributed by atoms with Gasteiger partial charge in [0.05, 0.1) is 18.2 Å². The summed E-state index contributed by atoms with van der Waals surface area (Å²) in [7, 11) is 1.29. The summed E-state index contributed by atoms with van der Waals surface area (Å²) in [5.41, 5.74) is 1.55. The number of methoxy groups -OCH3 is 1. The second-order valence-corrected chi connectivity index (χ2v) is 6.44. The van der Waals surface area contributed by atoms with E-state index in [1.54, 1.807) is 35.8 Å². The van der Waals surface area contributed by atoms with E-state index in [0.29, 0.717) is 22.6 Å². The van der Waals surface area contributed by atoms with E-state index in [-0.39, 0.29) is 11.1 Å². The average molecular weight is 406 g/mol. The molecule has 0 fully saturated rings. The Morgan fingerprint density at radius 2 is 1.57 bits per heavy atom. The molecule has 0 saturated carbocycles. The first kappa shape index (κ1) is 20.5. The van der Waals surface area contributed by atoms with Crippen molar-refractivity contribution in [3.63, 3.8) is 0 Å². The van der Waals surface area contributed by atoms with Gasteiger partial charge in [0.15, 0.2) is 5.43 Å². The fourth-order valence-corrected chi connectivity index (χ4v) is 2.85. The number of hydrogen-bond acceptors (Lipinski definition) is 5. The largest absolute Gasteiger partial charge is 0.478 e. The quantitative estimate of drug-likeness (QED) is 0.630. The van der Waals surface area contributed by atoms with Gasteiger partial charge >= 0.3 is 11.9 Å². The number of amides is 1. The Morgan fingerprint density at radius 3 is 2.13 bits per heavy atom. The third-order valence-electron chi connectivity index (χ3n) is 4.44. The average Bonchev–Trinajstić information content (AvgIpc) is 2.73. The van der Waals surface area contributed by atoms with Crippen LogP contribution in [0.4, 0.5) is 5.69 Å². The molecule has 0 atom stereocenters. The van der Waals surface area contributed by atoms with Gasteiger partial charge in [-0.05, 0) is 55.5 Å². The van der Waals surface area contributed by atoms with Gasteiger partial charge < -0.3 is 19.7 Å². The molecule has 0 aliphatic carbocycles. The lowest BCUT2D eigenvalue weighted by atomic mass is 10.1. The summed E-state index contributed by atoms with van der Waals surface area (Å²) >= 11 is 0. The molecule has 0 unspecified atom stereocenters. The zero-order valence-corrected chi connectivity index (χ0v) is 16.2. The monoisotopic (exact) mass is 406 g/mol. The first-order valence-corrected chi connectivity index (χ1v) is 8.87. The normalized spacial score (nSPS) is 10.3. The molecule has 1 heterocycles. The van der Waals surface area contributed by atoms with E-state index in [9.17, 15) is 19.2 Å². The van der Waals surface area contributed by atoms with Gasteiger partial charge in [-0.2, -0.15) is 0 Å². The van der Waals surface area contributed by atoms with Gasteiger partial charge in [0.25, 0.3) is 5.91 Å². The first-order chi connectivity index (χ1) is 14.3. The van der Waals surface area contributed by atoms with Gasteiger partial charge in [0.2, 0.25) is 0 Å². The number of aryl methyl sites for hydroxylation is 1. The van der Waals surface area contributed by atoms with E-state index in [2.05, 4.69) is 10.1 Å². The Kier molecular flexibility index (Phi) is 5.78. The number of aromatic carboxylic acids is 1. The second kappa shape index (κ2) is 8.44. The molecule has 0 aliphatic heterocycles. The van der Waals surface area contributed by atoms with Crippen molar-refractivity contribution in [2.24, 2.45) is 0 Å². The number of benzene rings is 2. The lowest BCUT2D eigenvalue weighted by Crippen LogP contribution is -2.23. The number of rotatable bonds is 5. The van der Waals surface area contributed by atoms with Crippen LogP contribution in [0.5, 0.6) is 0 Å². The number of carbonyl (C=O) groups is 3. The number of ether oxygens (including phenoxy) is 1. The predicted octanol–water partition coefficient (Wildman–Crippen LogP) is 2.88. The highest BCUT2D eigenvalue weighted by Gasteiger charge is 2.14. The van der Waals surface area contributed by atoms with Crippen LogP contribution in [0.25, 0.3) is 5.69 Å². The highest BCUT2D eigenvalue weighted by atomic mass is 16.5. The molecular weight excluding hydrogens is 388 g/mol. The fraction of sp³-hybridized carbons (Fsp3) is 0.0909. The molecule has 0 spiro atoms. The number of carboxylic acid groups (broad SMARTS) is 1. The van der Waals surface area contributed by atoms with Gasteiger partial charge in [-0.1, -0.05) is 0 Å². The van der Waals surface area contributed by atoms with E-state index in [1.165, 1.54) is 43.6 Å². The highest BCUT2D eigenvalue weighted by molar-refractivity contribution is 6.04. The molecule has 3 aromatic rings. The Bertz CT molecular complexity index is 1180. The Labute approximate surface area is 171 Å². The van der Waals surface area contributed by atoms with Crippen LogP contribution in [0, 0.1) is 6.92 Å². The van der Waals surface area contributed by atoms with E-state index in [1.807, 2.05) is 0 Å². The molecule has 8 heteroatoms. The minimum absolute atomic E-state index is 0.0834. The molecule has 1 amide bonds. The van der Waals surface area contributed by atoms with Gasteiger partial charge in [0, 0.05) is 29.3 Å². The molecule has 30 heavy (non-hydrogen) atoms. The maximum atomic E-state index is 12.6. The van der Waals surface area contributed by atoms with Crippen molar-refractivity contribution in [1.29, 1.82) is 0 Å². The zero-order chi connectivity index (χ0) is 21.8. The maximum absolute atomic E-state index is 12.6. The molecule has 1 aromatic heterocycles. The van der Waals surface area contributed by atoms with Crippen molar-refractivity contribution in [2.75, 3.05) is 12.4 Å². The summed E-state index contributed by atoms with van der Waals surface area (Å²) in [5, 5.41) is 11.5. The van der Waals surface area contributed by atoms with Crippen molar-refractivity contribution in [3.05, 3.63) is 93.4 Å². The SMILES string of the molecule is COC(=O)c1ccc(-n2cc(C(=O)Nc3ccc(C(=O)O)cc3)c(=O)cc2C)cc1. The van der Waals surface area contributed by atoms with Crippen molar-refractivity contribution in [2.45, 2.75) is 6.92 Å². The Hall–Kier alpha value is -4.20. The van der Waals surface area contributed by atoms with Crippen LogP contribution >= 0.6 is 0 Å². The number of anilines is 1. The molecule has 2 aromatic carbocycles. The predicted molar refractivity (Wildman–Crippen MR) is 109 cm³/mol. The van der Waals surface area contributed by atoms with E-state index >= 15 is 0 Å². The number of carbonyl (C=O) groups excluding carboxylic acids is 2. The molecule has 8 nitrogen and oxygen atoms in total. The number of nitrogens with zero attached hydrogens (tertiary/aromatic N) is 1. The molecule has 2 N–H and O–H groups in total. The molecule has 0 bridgehead atoms. The van der Waals surface area contributed by atoms with Crippen molar-refractivity contribution in [1.82, 2.24) is 4.57 Å². The number of pyridine rings is 1. The van der Waals surface area contributed by atoms with Gasteiger partial charge in [0.1, 0.15) is 5.56 Å². The summed E-state index contributed by atoms with van der Waals surface area (Å²) < 4.78 is 6.33. The Morgan fingerprint density at radius 1 is 0.967 bits per heavy atom. The van der Waals surface area contributed by atoms with Crippen LogP contribution in [0.1, 0.15) is 36.8 Å². The van der Waals surface area contributed by atoms with E-state index < -0.39 is 23.3 Å². The molecule has 152 valence electrons. The number of nitrogens with one attached hydrogen (secondary N) is 1. The molecular formula is C22H18N2O6. The van der Waals surface area contributed by atoms with Crippen LogP contribution in [0.2, 0.25) is 0 Å². The molecule has 3 rings (SSSR count). The third-order valence-corrected chi connectivity index (χ3v) is 4.44. The van der Waals surface area contributed by atoms with Crippen molar-refractivity contribution in [3.8, 4) is 5.69 Å². The lowest BCUT2D eigenvalue weighted by molar-refractivity contribution is 0.0599. The van der Waals surface area contributed by atoms with Gasteiger partial charge in [-0.25, -0.2) is 9.59 Å². The molecule has 0 aliphatic rings. The molecule has 0 radical (unpaired) electrons. The zero-order valence-electron chi connectivity index (χ0n) is 16.2. The van der Waals surface area contributed by atoms with Gasteiger partial charge in [-0.15, -0.1) is 0 Å². The topological polar surface area (TPSA) is 115 Å². The maximum Gasteiger partial charge on any atom is 0.337 e. The fourth-order valence-electron chi connectivity index (χ4n) is 2.85. The van der Waals surface area contributed by atoms with Gasteiger partial charge in [-0.3, -0.25) is 9.59 Å². The number of aromatic nitrogens is 1. The summed E-state index contributed by atoms with van der Waals surface area (Å²) in [6, 6.07) is 13.5. The van der Waals surface area contributed by atoms with Crippen LogP contribution in [0.3, 0.4) is 0 Å². The second-order valence-electron chi connectivity index (χ2n) is 6.44. The van der Waals surface area contributed by atoms with Crippen LogP contribution < -0.4 is 10.7 Å². The van der Waals surface area contributed by atoms with E-state index in [4.69, 9.17) is 5.11 Å². The number of hydrogen-bond donors (Lipinski definition) is 2. The van der Waals surface area contributed by atoms with Crippen LogP contribution in [0.15, 0.2) is 65.6 Å². The molecule has 0 saturated heterocycles. The van der Waals surface area contributed by atoms with Crippen LogP contribution in [-0.4, -0.2) is 34.6 Å². The van der Waals surface area contributed by atoms with Crippen LogP contribution in [-0.2, 0) is 4.74 Å². The number of esters is 1. The summed E-state index contributed by atoms with van der Waals surface area (Å²) in [6.07, 6.45) is 1.42.